The predicted octanol–water partition coefficient (Wildman–Crippen LogP) is 4.00. The van der Waals surface area contributed by atoms with Crippen LogP contribution in [0.15, 0.2) is 54.7 Å². The van der Waals surface area contributed by atoms with Gasteiger partial charge in [0.1, 0.15) is 17.5 Å². The van der Waals surface area contributed by atoms with Crippen LogP contribution in [-0.4, -0.2) is 41.0 Å². The molecule has 3 aromatic rings. The maximum atomic E-state index is 13.3. The number of hydrogen-bond acceptors (Lipinski definition) is 4. The Hall–Kier alpha value is -2.70. The molecular formula is C24H26F2N4. The molecule has 156 valence electrons. The Morgan fingerprint density at radius 3 is 2.50 bits per heavy atom. The van der Waals surface area contributed by atoms with E-state index in [2.05, 4.69) is 39.5 Å². The fraction of sp³-hybridized carbons (Fsp3) is 0.333. The smallest absolute Gasteiger partial charge is 0.128 e. The zero-order valence-corrected chi connectivity index (χ0v) is 17.0. The summed E-state index contributed by atoms with van der Waals surface area (Å²) in [4.78, 5) is 11.5. The van der Waals surface area contributed by atoms with Crippen LogP contribution in [0.4, 0.5) is 8.78 Å². The molecule has 1 saturated heterocycles. The highest BCUT2D eigenvalue weighted by Gasteiger charge is 2.11. The fourth-order valence-electron chi connectivity index (χ4n) is 3.84. The Balaban J connectivity index is 1.39. The van der Waals surface area contributed by atoms with Crippen molar-refractivity contribution in [1.82, 2.24) is 20.2 Å². The highest BCUT2D eigenvalue weighted by Crippen LogP contribution is 2.20. The summed E-state index contributed by atoms with van der Waals surface area (Å²) in [7, 11) is 0. The van der Waals surface area contributed by atoms with Gasteiger partial charge >= 0.3 is 0 Å². The first-order valence-corrected chi connectivity index (χ1v) is 10.4. The number of benzene rings is 2. The van der Waals surface area contributed by atoms with Gasteiger partial charge in [-0.3, -0.25) is 4.90 Å². The first-order valence-electron chi connectivity index (χ1n) is 10.4. The van der Waals surface area contributed by atoms with Gasteiger partial charge in [-0.15, -0.1) is 0 Å². The van der Waals surface area contributed by atoms with Crippen LogP contribution in [0.2, 0.25) is 0 Å². The standard InChI is InChI=1S/C24H26F2N4/c25-21-14-18(15-22(26)16-21)3-2-6-24-28-8-7-23(29-24)20-5-1-4-19(13-20)17-30-11-9-27-10-12-30/h1,4-5,7-8,13-16,27H,2-3,6,9-12,17H2. The lowest BCUT2D eigenvalue weighted by Crippen LogP contribution is -2.42. The van der Waals surface area contributed by atoms with Crippen molar-refractivity contribution in [3.05, 3.63) is 83.3 Å². The topological polar surface area (TPSA) is 41.1 Å². The summed E-state index contributed by atoms with van der Waals surface area (Å²) in [5.41, 5.74) is 3.92. The third-order valence-electron chi connectivity index (χ3n) is 5.33. The molecule has 6 heteroatoms. The van der Waals surface area contributed by atoms with Gasteiger partial charge in [0.05, 0.1) is 5.69 Å². The van der Waals surface area contributed by atoms with Crippen LogP contribution < -0.4 is 5.32 Å². The molecule has 0 atom stereocenters. The summed E-state index contributed by atoms with van der Waals surface area (Å²) in [5.74, 6) is -0.329. The van der Waals surface area contributed by atoms with Crippen molar-refractivity contribution < 1.29 is 8.78 Å². The molecule has 1 aromatic heterocycles. The van der Waals surface area contributed by atoms with Crippen LogP contribution >= 0.6 is 0 Å². The number of aromatic nitrogens is 2. The third-order valence-corrected chi connectivity index (χ3v) is 5.33. The summed E-state index contributed by atoms with van der Waals surface area (Å²) in [6.07, 6.45) is 3.76. The zero-order chi connectivity index (χ0) is 20.8. The predicted molar refractivity (Wildman–Crippen MR) is 114 cm³/mol. The average molecular weight is 408 g/mol. The monoisotopic (exact) mass is 408 g/mol. The summed E-state index contributed by atoms with van der Waals surface area (Å²) in [5, 5.41) is 3.38. The molecule has 1 aliphatic heterocycles. The molecule has 0 saturated carbocycles. The highest BCUT2D eigenvalue weighted by molar-refractivity contribution is 5.59. The van der Waals surface area contributed by atoms with Crippen LogP contribution in [0.25, 0.3) is 11.3 Å². The Labute approximate surface area is 176 Å². The number of hydrogen-bond donors (Lipinski definition) is 1. The van der Waals surface area contributed by atoms with Crippen molar-refractivity contribution in [3.63, 3.8) is 0 Å². The molecule has 30 heavy (non-hydrogen) atoms. The minimum atomic E-state index is -0.538. The fourth-order valence-corrected chi connectivity index (χ4v) is 3.84. The van der Waals surface area contributed by atoms with E-state index in [1.807, 2.05) is 6.07 Å². The van der Waals surface area contributed by atoms with Crippen molar-refractivity contribution in [2.45, 2.75) is 25.8 Å². The molecule has 1 fully saturated rings. The molecule has 4 rings (SSSR count). The van der Waals surface area contributed by atoms with Crippen molar-refractivity contribution in [1.29, 1.82) is 0 Å². The van der Waals surface area contributed by atoms with E-state index in [9.17, 15) is 8.78 Å². The van der Waals surface area contributed by atoms with Gasteiger partial charge in [0.25, 0.3) is 0 Å². The highest BCUT2D eigenvalue weighted by atomic mass is 19.1. The first kappa shape index (κ1) is 20.6. The number of rotatable bonds is 7. The minimum Gasteiger partial charge on any atom is -0.314 e. The molecule has 0 spiro atoms. The Morgan fingerprint density at radius 2 is 1.70 bits per heavy atom. The van der Waals surface area contributed by atoms with Crippen molar-refractivity contribution >= 4 is 0 Å². The summed E-state index contributed by atoms with van der Waals surface area (Å²) >= 11 is 0. The van der Waals surface area contributed by atoms with E-state index < -0.39 is 11.6 Å². The second kappa shape index (κ2) is 9.87. The molecule has 0 radical (unpaired) electrons. The number of aryl methyl sites for hydroxylation is 2. The maximum absolute atomic E-state index is 13.3. The lowest BCUT2D eigenvalue weighted by atomic mass is 10.1. The van der Waals surface area contributed by atoms with E-state index >= 15 is 0 Å². The first-order chi connectivity index (χ1) is 14.7. The maximum Gasteiger partial charge on any atom is 0.128 e. The van der Waals surface area contributed by atoms with Gasteiger partial charge in [-0.1, -0.05) is 18.2 Å². The van der Waals surface area contributed by atoms with Crippen LogP contribution in [-0.2, 0) is 19.4 Å². The molecule has 4 nitrogen and oxygen atoms in total. The Kier molecular flexibility index (Phi) is 6.77. The second-order valence-corrected chi connectivity index (χ2v) is 7.72. The van der Waals surface area contributed by atoms with Gasteiger partial charge in [0.2, 0.25) is 0 Å². The van der Waals surface area contributed by atoms with Gasteiger partial charge in [-0.2, -0.15) is 0 Å². The van der Waals surface area contributed by atoms with Gasteiger partial charge in [-0.05, 0) is 48.2 Å². The lowest BCUT2D eigenvalue weighted by Gasteiger charge is -2.27. The normalized spacial score (nSPS) is 14.7. The van der Waals surface area contributed by atoms with Gasteiger partial charge in [-0.25, -0.2) is 18.7 Å². The SMILES string of the molecule is Fc1cc(F)cc(CCCc2nccc(-c3cccc(CN4CCNCC4)c3)n2)c1. The summed E-state index contributed by atoms with van der Waals surface area (Å²) < 4.78 is 26.7. The van der Waals surface area contributed by atoms with E-state index in [0.717, 1.165) is 62.3 Å². The van der Waals surface area contributed by atoms with Crippen LogP contribution in [0, 0.1) is 11.6 Å². The van der Waals surface area contributed by atoms with E-state index in [0.29, 0.717) is 18.4 Å². The molecule has 1 N–H and O–H groups in total. The van der Waals surface area contributed by atoms with E-state index in [-0.39, 0.29) is 0 Å². The van der Waals surface area contributed by atoms with Crippen LogP contribution in [0.5, 0.6) is 0 Å². The number of nitrogens with one attached hydrogen (secondary N) is 1. The van der Waals surface area contributed by atoms with E-state index in [4.69, 9.17) is 4.98 Å². The van der Waals surface area contributed by atoms with E-state index in [1.54, 1.807) is 6.20 Å². The molecule has 2 heterocycles. The van der Waals surface area contributed by atoms with Crippen molar-refractivity contribution in [2.24, 2.45) is 0 Å². The lowest BCUT2D eigenvalue weighted by molar-refractivity contribution is 0.233. The molecule has 0 amide bonds. The Bertz CT molecular complexity index is 966. The molecule has 0 bridgehead atoms. The van der Waals surface area contributed by atoms with Gasteiger partial charge in [0.15, 0.2) is 0 Å². The zero-order valence-electron chi connectivity index (χ0n) is 17.0. The average Bonchev–Trinajstić information content (AvgIpc) is 2.74. The van der Waals surface area contributed by atoms with Crippen LogP contribution in [0.3, 0.4) is 0 Å². The molecule has 2 aromatic carbocycles. The van der Waals surface area contributed by atoms with Gasteiger partial charge in [0, 0.05) is 57.0 Å². The molecule has 0 unspecified atom stereocenters. The largest absolute Gasteiger partial charge is 0.314 e. The second-order valence-electron chi connectivity index (χ2n) is 7.72. The number of piperazine rings is 1. The number of nitrogens with zero attached hydrogens (tertiary/aromatic N) is 3. The molecule has 0 aliphatic carbocycles. The minimum absolute atomic E-state index is 0.538. The Morgan fingerprint density at radius 1 is 0.900 bits per heavy atom. The third kappa shape index (κ3) is 5.68. The van der Waals surface area contributed by atoms with E-state index in [1.165, 1.54) is 17.7 Å². The number of halogens is 2. The summed E-state index contributed by atoms with van der Waals surface area (Å²) in [6, 6.07) is 14.1. The van der Waals surface area contributed by atoms with Gasteiger partial charge < -0.3 is 5.32 Å². The quantitative estimate of drug-likeness (QED) is 0.642. The molecular weight excluding hydrogens is 382 g/mol. The summed E-state index contributed by atoms with van der Waals surface area (Å²) in [6.45, 7) is 5.15. The van der Waals surface area contributed by atoms with Crippen molar-refractivity contribution in [2.75, 3.05) is 26.2 Å². The molecule has 1 aliphatic rings. The van der Waals surface area contributed by atoms with Crippen molar-refractivity contribution in [3.8, 4) is 11.3 Å². The van der Waals surface area contributed by atoms with Crippen LogP contribution in [0.1, 0.15) is 23.4 Å².